The Morgan fingerprint density at radius 3 is 1.00 bits per heavy atom. The summed E-state index contributed by atoms with van der Waals surface area (Å²) in [5, 5.41) is 0. The number of hydrogen-bond acceptors (Lipinski definition) is 2. The van der Waals surface area contributed by atoms with Crippen LogP contribution in [0.4, 0.5) is 0 Å². The Morgan fingerprint density at radius 2 is 0.812 bits per heavy atom. The standard InChI is InChI=1S/C19H41N9P2S2/c1-22(2)29(23(3)4,24(5)6)20-18(31)16-14-15-17(28(16)13)19(32)21-30(25(7)8,26(9)10)27(11)12/h14-15H,1-13H3. The largest absolute Gasteiger partial charge is 0.340 e. The lowest BCUT2D eigenvalue weighted by atomic mass is 10.4. The third-order valence-corrected chi connectivity index (χ3v) is 13.5. The Morgan fingerprint density at radius 1 is 0.594 bits per heavy atom. The van der Waals surface area contributed by atoms with E-state index in [-0.39, 0.29) is 0 Å². The van der Waals surface area contributed by atoms with E-state index < -0.39 is 15.0 Å². The summed E-state index contributed by atoms with van der Waals surface area (Å²) in [6, 6.07) is 3.97. The van der Waals surface area contributed by atoms with E-state index in [0.717, 1.165) is 11.4 Å². The molecule has 1 aromatic rings. The van der Waals surface area contributed by atoms with Gasteiger partial charge in [-0.3, -0.25) is 28.0 Å². The van der Waals surface area contributed by atoms with Crippen molar-refractivity contribution in [3.05, 3.63) is 23.5 Å². The second kappa shape index (κ2) is 11.4. The lowest BCUT2D eigenvalue weighted by Crippen LogP contribution is -2.31. The van der Waals surface area contributed by atoms with E-state index in [0.29, 0.717) is 9.98 Å². The summed E-state index contributed by atoms with van der Waals surface area (Å²) in [5.41, 5.74) is 1.71. The second-order valence-electron chi connectivity index (χ2n) is 8.63. The number of nitrogens with zero attached hydrogens (tertiary/aromatic N) is 9. The maximum atomic E-state index is 5.82. The maximum Gasteiger partial charge on any atom is 0.172 e. The van der Waals surface area contributed by atoms with Crippen LogP contribution in [0.25, 0.3) is 0 Å². The summed E-state index contributed by atoms with van der Waals surface area (Å²) >= 11 is 11.6. The van der Waals surface area contributed by atoms with Gasteiger partial charge in [0.1, 0.15) is 0 Å². The van der Waals surface area contributed by atoms with Gasteiger partial charge >= 0.3 is 0 Å². The monoisotopic (exact) mass is 521 g/mol. The van der Waals surface area contributed by atoms with Crippen molar-refractivity contribution in [3.63, 3.8) is 0 Å². The molecule has 0 fully saturated rings. The lowest BCUT2D eigenvalue weighted by Gasteiger charge is -2.41. The van der Waals surface area contributed by atoms with Crippen molar-refractivity contribution < 1.29 is 0 Å². The zero-order valence-electron chi connectivity index (χ0n) is 21.9. The van der Waals surface area contributed by atoms with Gasteiger partial charge < -0.3 is 4.57 Å². The summed E-state index contributed by atoms with van der Waals surface area (Å²) in [6.07, 6.45) is 0. The third kappa shape index (κ3) is 5.49. The fourth-order valence-corrected chi connectivity index (χ4v) is 11.1. The SMILES string of the molecule is CN(C)P(=NC(=S)c1ccc(C(=S)N=P(N(C)C)(N(C)C)N(C)C)n1C)(N(C)C)N(C)C. The molecule has 0 saturated carbocycles. The first-order valence-electron chi connectivity index (χ1n) is 10.1. The average Bonchev–Trinajstić information content (AvgIpc) is 3.03. The molecular weight excluding hydrogens is 480 g/mol. The van der Waals surface area contributed by atoms with Gasteiger partial charge in [0.15, 0.2) is 25.0 Å². The van der Waals surface area contributed by atoms with E-state index in [4.69, 9.17) is 33.9 Å². The minimum Gasteiger partial charge on any atom is -0.340 e. The minimum atomic E-state index is -2.14. The van der Waals surface area contributed by atoms with Crippen LogP contribution in [0.5, 0.6) is 0 Å². The van der Waals surface area contributed by atoms with Crippen LogP contribution in [0, 0.1) is 0 Å². The van der Waals surface area contributed by atoms with Gasteiger partial charge in [-0.2, -0.15) is 0 Å². The molecule has 0 unspecified atom stereocenters. The van der Waals surface area contributed by atoms with Crippen LogP contribution in [0.1, 0.15) is 11.4 Å². The van der Waals surface area contributed by atoms with Crippen molar-refractivity contribution in [1.82, 2.24) is 32.6 Å². The highest BCUT2D eigenvalue weighted by atomic mass is 32.1. The molecule has 0 radical (unpaired) electrons. The van der Waals surface area contributed by atoms with Crippen molar-refractivity contribution in [2.75, 3.05) is 84.6 Å². The molecule has 0 spiro atoms. The van der Waals surface area contributed by atoms with Gasteiger partial charge in [0, 0.05) is 7.05 Å². The molecule has 184 valence electrons. The highest BCUT2D eigenvalue weighted by molar-refractivity contribution is 7.81. The molecule has 0 aliphatic rings. The molecular formula is C19H41N9P2S2. The van der Waals surface area contributed by atoms with Gasteiger partial charge in [-0.1, -0.05) is 24.4 Å². The average molecular weight is 522 g/mol. The first-order chi connectivity index (χ1) is 14.6. The van der Waals surface area contributed by atoms with Gasteiger partial charge in [-0.15, -0.1) is 0 Å². The first kappa shape index (κ1) is 29.7. The normalized spacial score (nSPS) is 13.2. The van der Waals surface area contributed by atoms with Crippen LogP contribution in [0.2, 0.25) is 0 Å². The molecule has 0 saturated heterocycles. The quantitative estimate of drug-likeness (QED) is 0.380. The molecule has 1 rings (SSSR count). The molecule has 13 heteroatoms. The highest BCUT2D eigenvalue weighted by Gasteiger charge is 2.31. The Kier molecular flexibility index (Phi) is 10.6. The molecule has 1 heterocycles. The molecule has 0 atom stereocenters. The van der Waals surface area contributed by atoms with Crippen LogP contribution >= 0.6 is 39.4 Å². The van der Waals surface area contributed by atoms with E-state index >= 15 is 0 Å². The first-order valence-corrected chi connectivity index (χ1v) is 14.1. The van der Waals surface area contributed by atoms with E-state index in [1.165, 1.54) is 0 Å². The van der Waals surface area contributed by atoms with E-state index in [1.807, 2.05) is 108 Å². The van der Waals surface area contributed by atoms with Crippen LogP contribution < -0.4 is 0 Å². The summed E-state index contributed by atoms with van der Waals surface area (Å²) in [5.74, 6) is 0. The van der Waals surface area contributed by atoms with Crippen molar-refractivity contribution in [1.29, 1.82) is 0 Å². The van der Waals surface area contributed by atoms with Gasteiger partial charge in [0.05, 0.1) is 11.4 Å². The predicted octanol–water partition coefficient (Wildman–Crippen LogP) is 3.64. The Labute approximate surface area is 206 Å². The summed E-state index contributed by atoms with van der Waals surface area (Å²) in [4.78, 5) is 1.11. The Bertz CT molecular complexity index is 816. The van der Waals surface area contributed by atoms with Gasteiger partial charge in [0.2, 0.25) is 0 Å². The second-order valence-corrected chi connectivity index (χ2v) is 16.7. The van der Waals surface area contributed by atoms with E-state index in [1.54, 1.807) is 0 Å². The maximum absolute atomic E-state index is 5.82. The van der Waals surface area contributed by atoms with Gasteiger partial charge in [-0.05, 0) is 96.7 Å². The van der Waals surface area contributed by atoms with Crippen molar-refractivity contribution in [2.24, 2.45) is 16.5 Å². The van der Waals surface area contributed by atoms with Gasteiger partial charge in [-0.25, -0.2) is 9.49 Å². The molecule has 0 aliphatic heterocycles. The van der Waals surface area contributed by atoms with Crippen molar-refractivity contribution >= 4 is 49.4 Å². The fraction of sp³-hybridized carbons (Fsp3) is 0.684. The fourth-order valence-electron chi connectivity index (χ4n) is 3.97. The van der Waals surface area contributed by atoms with Crippen molar-refractivity contribution in [3.8, 4) is 0 Å². The highest BCUT2D eigenvalue weighted by Crippen LogP contribution is 2.56. The number of rotatable bonds is 8. The molecule has 9 nitrogen and oxygen atoms in total. The molecule has 0 amide bonds. The number of aromatic nitrogens is 1. The van der Waals surface area contributed by atoms with E-state index in [2.05, 4.69) is 28.0 Å². The van der Waals surface area contributed by atoms with Crippen LogP contribution in [0.3, 0.4) is 0 Å². The topological polar surface area (TPSA) is 49.1 Å². The molecule has 0 N–H and O–H groups in total. The van der Waals surface area contributed by atoms with Crippen LogP contribution in [-0.4, -0.2) is 127 Å². The Balaban J connectivity index is 3.62. The molecule has 0 bridgehead atoms. The van der Waals surface area contributed by atoms with Crippen LogP contribution in [-0.2, 0) is 7.05 Å². The number of thiocarbonyl (C=S) groups is 2. The molecule has 32 heavy (non-hydrogen) atoms. The summed E-state index contributed by atoms with van der Waals surface area (Å²) < 4.78 is 25.0. The zero-order chi connectivity index (χ0) is 25.2. The molecule has 1 aromatic heterocycles. The summed E-state index contributed by atoms with van der Waals surface area (Å²) in [7, 11) is 22.2. The lowest BCUT2D eigenvalue weighted by molar-refractivity contribution is 0.475. The summed E-state index contributed by atoms with van der Waals surface area (Å²) in [6.45, 7) is 0. The predicted molar refractivity (Wildman–Crippen MR) is 150 cm³/mol. The smallest absolute Gasteiger partial charge is 0.172 e. The van der Waals surface area contributed by atoms with Crippen LogP contribution in [0.15, 0.2) is 21.6 Å². The molecule has 0 aromatic carbocycles. The number of hydrogen-bond donors (Lipinski definition) is 0. The van der Waals surface area contributed by atoms with E-state index in [9.17, 15) is 0 Å². The minimum absolute atomic E-state index is 0.555. The van der Waals surface area contributed by atoms with Gasteiger partial charge in [0.25, 0.3) is 0 Å². The van der Waals surface area contributed by atoms with Crippen molar-refractivity contribution in [2.45, 2.75) is 0 Å². The molecule has 0 aliphatic carbocycles. The Hall–Kier alpha value is -0.320. The zero-order valence-corrected chi connectivity index (χ0v) is 25.3. The third-order valence-electron chi connectivity index (χ3n) is 5.23.